The van der Waals surface area contributed by atoms with Crippen molar-refractivity contribution in [2.45, 2.75) is 25.7 Å². The van der Waals surface area contributed by atoms with E-state index in [1.807, 2.05) is 13.2 Å². The maximum atomic E-state index is 11.6. The first-order valence-corrected chi connectivity index (χ1v) is 5.13. The van der Waals surface area contributed by atoms with Gasteiger partial charge < -0.3 is 9.88 Å². The summed E-state index contributed by atoms with van der Waals surface area (Å²) in [6, 6.07) is 0. The number of nitrogens with zero attached hydrogens (tertiary/aromatic N) is 1. The minimum Gasteiger partial charge on any atom is -0.355 e. The lowest BCUT2D eigenvalue weighted by Crippen LogP contribution is -2.19. The molecule has 14 heavy (non-hydrogen) atoms. The predicted molar refractivity (Wildman–Crippen MR) is 55.4 cm³/mol. The minimum atomic E-state index is 0.0451. The Morgan fingerprint density at radius 2 is 2.14 bits per heavy atom. The Balaban J connectivity index is 2.46. The van der Waals surface area contributed by atoms with Gasteiger partial charge in [0.1, 0.15) is 0 Å². The van der Waals surface area contributed by atoms with E-state index in [2.05, 4.69) is 9.88 Å². The van der Waals surface area contributed by atoms with Crippen LogP contribution in [0.1, 0.15) is 34.5 Å². The molecule has 0 aliphatic heterocycles. The highest BCUT2D eigenvalue weighted by atomic mass is 16.1. The van der Waals surface area contributed by atoms with Crippen LogP contribution in [0.3, 0.4) is 0 Å². The number of nitrogens with one attached hydrogen (secondary N) is 1. The number of carbonyl (C=O) groups excluding carboxylic acids is 1. The lowest BCUT2D eigenvalue weighted by molar-refractivity contribution is 0.0962. The van der Waals surface area contributed by atoms with Gasteiger partial charge in [-0.3, -0.25) is 4.79 Å². The van der Waals surface area contributed by atoms with Crippen LogP contribution in [0, 0.1) is 0 Å². The molecule has 0 unspecified atom stereocenters. The van der Waals surface area contributed by atoms with E-state index in [4.69, 9.17) is 0 Å². The second kappa shape index (κ2) is 3.48. The molecule has 1 N–H and O–H groups in total. The standard InChI is InChI=1S/C11H16N2O/c1-12-11(14)9-7-13(2)10-6-4-3-5-8(9)10/h7H,3-6H2,1-2H3,(H,12,14). The molecule has 1 heterocycles. The zero-order valence-electron chi connectivity index (χ0n) is 8.76. The van der Waals surface area contributed by atoms with Crippen LogP contribution in [0.5, 0.6) is 0 Å². The summed E-state index contributed by atoms with van der Waals surface area (Å²) in [5.74, 6) is 0.0451. The molecular weight excluding hydrogens is 176 g/mol. The number of amides is 1. The van der Waals surface area contributed by atoms with Gasteiger partial charge in [-0.1, -0.05) is 0 Å². The first-order valence-electron chi connectivity index (χ1n) is 5.13. The summed E-state index contributed by atoms with van der Waals surface area (Å²) in [7, 11) is 3.71. The van der Waals surface area contributed by atoms with Crippen LogP contribution in [0.2, 0.25) is 0 Å². The normalized spacial score (nSPS) is 15.0. The zero-order chi connectivity index (χ0) is 10.1. The molecule has 0 saturated heterocycles. The molecule has 0 aromatic carbocycles. The Kier molecular flexibility index (Phi) is 2.32. The van der Waals surface area contributed by atoms with E-state index in [0.717, 1.165) is 18.4 Å². The number of aryl methyl sites for hydroxylation is 1. The number of hydrogen-bond donors (Lipinski definition) is 1. The molecule has 2 rings (SSSR count). The molecule has 0 radical (unpaired) electrons. The number of carbonyl (C=O) groups is 1. The summed E-state index contributed by atoms with van der Waals surface area (Å²) >= 11 is 0. The van der Waals surface area contributed by atoms with E-state index < -0.39 is 0 Å². The van der Waals surface area contributed by atoms with E-state index in [0.29, 0.717) is 0 Å². The van der Waals surface area contributed by atoms with Crippen LogP contribution < -0.4 is 5.32 Å². The van der Waals surface area contributed by atoms with Gasteiger partial charge in [0.15, 0.2) is 0 Å². The molecule has 0 fully saturated rings. The van der Waals surface area contributed by atoms with Crippen molar-refractivity contribution in [3.63, 3.8) is 0 Å². The van der Waals surface area contributed by atoms with E-state index in [9.17, 15) is 4.79 Å². The monoisotopic (exact) mass is 192 g/mol. The van der Waals surface area contributed by atoms with Crippen molar-refractivity contribution in [1.29, 1.82) is 0 Å². The van der Waals surface area contributed by atoms with Gasteiger partial charge in [0.2, 0.25) is 0 Å². The fourth-order valence-electron chi connectivity index (χ4n) is 2.25. The van der Waals surface area contributed by atoms with Crippen LogP contribution in [-0.4, -0.2) is 17.5 Å². The van der Waals surface area contributed by atoms with Crippen molar-refractivity contribution in [1.82, 2.24) is 9.88 Å². The van der Waals surface area contributed by atoms with Crippen LogP contribution in [0.4, 0.5) is 0 Å². The van der Waals surface area contributed by atoms with Crippen LogP contribution >= 0.6 is 0 Å². The third-order valence-electron chi connectivity index (χ3n) is 2.98. The second-order valence-corrected chi connectivity index (χ2v) is 3.87. The molecule has 1 amide bonds. The number of fused-ring (bicyclic) bond motifs is 1. The van der Waals surface area contributed by atoms with Gasteiger partial charge in [0.05, 0.1) is 5.56 Å². The SMILES string of the molecule is CNC(=O)c1cn(C)c2c1CCCC2. The predicted octanol–water partition coefficient (Wildman–Crippen LogP) is 1.26. The molecule has 76 valence electrons. The van der Waals surface area contributed by atoms with Crippen LogP contribution in [0.15, 0.2) is 6.20 Å². The van der Waals surface area contributed by atoms with Gasteiger partial charge in [0, 0.05) is 26.0 Å². The molecule has 3 heteroatoms. The van der Waals surface area contributed by atoms with Crippen molar-refractivity contribution >= 4 is 5.91 Å². The van der Waals surface area contributed by atoms with Crippen molar-refractivity contribution < 1.29 is 4.79 Å². The van der Waals surface area contributed by atoms with Crippen molar-refractivity contribution in [3.8, 4) is 0 Å². The third kappa shape index (κ3) is 1.33. The smallest absolute Gasteiger partial charge is 0.252 e. The average Bonchev–Trinajstić information content (AvgIpc) is 2.56. The molecule has 0 atom stereocenters. The summed E-state index contributed by atoms with van der Waals surface area (Å²) < 4.78 is 2.10. The van der Waals surface area contributed by atoms with Gasteiger partial charge >= 0.3 is 0 Å². The molecule has 0 bridgehead atoms. The van der Waals surface area contributed by atoms with Crippen LogP contribution in [-0.2, 0) is 19.9 Å². The van der Waals surface area contributed by atoms with E-state index in [-0.39, 0.29) is 5.91 Å². The topological polar surface area (TPSA) is 34.0 Å². The number of hydrogen-bond acceptors (Lipinski definition) is 1. The molecule has 1 aliphatic rings. The van der Waals surface area contributed by atoms with Gasteiger partial charge in [0.25, 0.3) is 5.91 Å². The summed E-state index contributed by atoms with van der Waals surface area (Å²) in [6.45, 7) is 0. The highest BCUT2D eigenvalue weighted by Crippen LogP contribution is 2.25. The molecule has 1 aromatic heterocycles. The van der Waals surface area contributed by atoms with Gasteiger partial charge in [-0.25, -0.2) is 0 Å². The molecule has 0 saturated carbocycles. The third-order valence-corrected chi connectivity index (χ3v) is 2.98. The Hall–Kier alpha value is -1.25. The summed E-state index contributed by atoms with van der Waals surface area (Å²) in [5.41, 5.74) is 3.47. The maximum absolute atomic E-state index is 11.6. The zero-order valence-corrected chi connectivity index (χ0v) is 8.76. The summed E-state index contributed by atoms with van der Waals surface area (Å²) in [4.78, 5) is 11.6. The number of rotatable bonds is 1. The average molecular weight is 192 g/mol. The molecule has 0 spiro atoms. The largest absolute Gasteiger partial charge is 0.355 e. The fourth-order valence-corrected chi connectivity index (χ4v) is 2.25. The van der Waals surface area contributed by atoms with Crippen molar-refractivity contribution in [3.05, 3.63) is 23.0 Å². The maximum Gasteiger partial charge on any atom is 0.252 e. The highest BCUT2D eigenvalue weighted by Gasteiger charge is 2.20. The Bertz CT molecular complexity index is 366. The summed E-state index contributed by atoms with van der Waals surface area (Å²) in [5, 5.41) is 2.69. The first-order chi connectivity index (χ1) is 6.74. The van der Waals surface area contributed by atoms with Gasteiger partial charge in [-0.2, -0.15) is 0 Å². The van der Waals surface area contributed by atoms with Crippen LogP contribution in [0.25, 0.3) is 0 Å². The first kappa shape index (κ1) is 9.31. The van der Waals surface area contributed by atoms with Gasteiger partial charge in [-0.15, -0.1) is 0 Å². The highest BCUT2D eigenvalue weighted by molar-refractivity contribution is 5.95. The van der Waals surface area contributed by atoms with Crippen molar-refractivity contribution in [2.24, 2.45) is 7.05 Å². The van der Waals surface area contributed by atoms with E-state index in [1.165, 1.54) is 24.1 Å². The minimum absolute atomic E-state index is 0.0451. The van der Waals surface area contributed by atoms with E-state index >= 15 is 0 Å². The van der Waals surface area contributed by atoms with Crippen molar-refractivity contribution in [2.75, 3.05) is 7.05 Å². The van der Waals surface area contributed by atoms with Gasteiger partial charge in [-0.05, 0) is 31.2 Å². The quantitative estimate of drug-likeness (QED) is 0.714. The molecule has 3 nitrogen and oxygen atoms in total. The number of aromatic nitrogens is 1. The Morgan fingerprint density at radius 1 is 1.43 bits per heavy atom. The molecular formula is C11H16N2O. The molecule has 1 aromatic rings. The van der Waals surface area contributed by atoms with E-state index in [1.54, 1.807) is 7.05 Å². The Morgan fingerprint density at radius 3 is 2.86 bits per heavy atom. The second-order valence-electron chi connectivity index (χ2n) is 3.87. The fraction of sp³-hybridized carbons (Fsp3) is 0.545. The lowest BCUT2D eigenvalue weighted by atomic mass is 9.95. The molecule has 1 aliphatic carbocycles. The lowest BCUT2D eigenvalue weighted by Gasteiger charge is -2.13. The summed E-state index contributed by atoms with van der Waals surface area (Å²) in [6.07, 6.45) is 6.58. The Labute approximate surface area is 84.1 Å².